The number of carbonyl (C=O) groups excluding carboxylic acids is 4. The maximum Gasteiger partial charge on any atom is 0.341 e. The van der Waals surface area contributed by atoms with Gasteiger partial charge in [0.1, 0.15) is 16.6 Å². The Morgan fingerprint density at radius 2 is 1.65 bits per heavy atom. The van der Waals surface area contributed by atoms with Crippen LogP contribution >= 0.6 is 11.3 Å². The predicted molar refractivity (Wildman–Crippen MR) is 108 cm³/mol. The number of anilines is 1. The molecule has 1 N–H and O–H groups in total. The van der Waals surface area contributed by atoms with Gasteiger partial charge < -0.3 is 19.7 Å². The number of carbonyl (C=O) groups is 4. The van der Waals surface area contributed by atoms with Crippen molar-refractivity contribution >= 4 is 40.1 Å². The van der Waals surface area contributed by atoms with Gasteiger partial charge in [0, 0.05) is 20.2 Å². The minimum absolute atomic E-state index is 0.0175. The predicted octanol–water partition coefficient (Wildman–Crippen LogP) is 3.01. The molecule has 0 fully saturated rings. The van der Waals surface area contributed by atoms with Gasteiger partial charge >= 0.3 is 11.9 Å². The van der Waals surface area contributed by atoms with E-state index in [1.807, 2.05) is 0 Å². The molecule has 31 heavy (non-hydrogen) atoms. The van der Waals surface area contributed by atoms with Crippen molar-refractivity contribution in [3.63, 3.8) is 0 Å². The van der Waals surface area contributed by atoms with Gasteiger partial charge in [-0.3, -0.25) is 9.59 Å². The van der Waals surface area contributed by atoms with Crippen LogP contribution in [-0.2, 0) is 14.3 Å². The summed E-state index contributed by atoms with van der Waals surface area (Å²) < 4.78 is 36.2. The third kappa shape index (κ3) is 5.85. The Labute approximate surface area is 180 Å². The van der Waals surface area contributed by atoms with Gasteiger partial charge in [0.25, 0.3) is 11.8 Å². The molecular weight excluding hydrogens is 434 g/mol. The van der Waals surface area contributed by atoms with E-state index >= 15 is 0 Å². The molecule has 0 aliphatic carbocycles. The van der Waals surface area contributed by atoms with E-state index < -0.39 is 41.7 Å². The normalized spacial score (nSPS) is 10.4. The highest BCUT2D eigenvalue weighted by Crippen LogP contribution is 2.34. The molecule has 0 radical (unpaired) electrons. The number of thiophene rings is 1. The van der Waals surface area contributed by atoms with E-state index in [1.54, 1.807) is 27.9 Å². The fraction of sp³-hybridized carbons (Fsp3) is 0.300. The first-order chi connectivity index (χ1) is 14.5. The first-order valence-electron chi connectivity index (χ1n) is 9.00. The third-order valence-corrected chi connectivity index (χ3v) is 5.11. The van der Waals surface area contributed by atoms with Gasteiger partial charge in [-0.2, -0.15) is 0 Å². The van der Waals surface area contributed by atoms with Crippen LogP contribution in [0.1, 0.15) is 42.9 Å². The van der Waals surface area contributed by atoms with E-state index in [2.05, 4.69) is 5.32 Å². The standard InChI is InChI=1S/C20H20F2N2O6S/c1-5-29-20(28)15-10(2)16(18(26)24(3)4)31-17(15)23-14(25)9-30-19(27)11-6-12(21)8-13(22)7-11/h6-8H,5,9H2,1-4H3,(H,23,25). The lowest BCUT2D eigenvalue weighted by atomic mass is 10.1. The van der Waals surface area contributed by atoms with Crippen molar-refractivity contribution in [2.45, 2.75) is 13.8 Å². The van der Waals surface area contributed by atoms with Crippen molar-refractivity contribution < 1.29 is 37.4 Å². The zero-order chi connectivity index (χ0) is 23.3. The highest BCUT2D eigenvalue weighted by atomic mass is 32.1. The zero-order valence-corrected chi connectivity index (χ0v) is 18.0. The molecule has 0 bridgehead atoms. The van der Waals surface area contributed by atoms with Crippen LogP contribution in [0.4, 0.5) is 13.8 Å². The van der Waals surface area contributed by atoms with Crippen molar-refractivity contribution in [2.24, 2.45) is 0 Å². The second-order valence-electron chi connectivity index (χ2n) is 6.46. The number of nitrogens with zero attached hydrogens (tertiary/aromatic N) is 1. The molecule has 2 amide bonds. The van der Waals surface area contributed by atoms with Crippen LogP contribution in [0.25, 0.3) is 0 Å². The first kappa shape index (κ1) is 23.9. The lowest BCUT2D eigenvalue weighted by Crippen LogP contribution is -2.22. The lowest BCUT2D eigenvalue weighted by molar-refractivity contribution is -0.119. The summed E-state index contributed by atoms with van der Waals surface area (Å²) in [6.07, 6.45) is 0. The molecular formula is C20H20F2N2O6S. The average Bonchev–Trinajstić information content (AvgIpc) is 3.00. The molecule has 1 aromatic heterocycles. The number of benzene rings is 1. The van der Waals surface area contributed by atoms with Gasteiger partial charge in [-0.15, -0.1) is 11.3 Å². The summed E-state index contributed by atoms with van der Waals surface area (Å²) in [4.78, 5) is 50.4. The molecule has 0 saturated heterocycles. The molecule has 0 unspecified atom stereocenters. The van der Waals surface area contributed by atoms with Gasteiger partial charge in [0.2, 0.25) is 0 Å². The van der Waals surface area contributed by atoms with Crippen molar-refractivity contribution in [3.8, 4) is 0 Å². The Bertz CT molecular complexity index is 1010. The summed E-state index contributed by atoms with van der Waals surface area (Å²) in [5.74, 6) is -4.96. The summed E-state index contributed by atoms with van der Waals surface area (Å²) in [7, 11) is 3.08. The van der Waals surface area contributed by atoms with Crippen LogP contribution in [0.2, 0.25) is 0 Å². The highest BCUT2D eigenvalue weighted by Gasteiger charge is 2.27. The van der Waals surface area contributed by atoms with E-state index in [0.29, 0.717) is 11.6 Å². The smallest absolute Gasteiger partial charge is 0.341 e. The van der Waals surface area contributed by atoms with E-state index in [4.69, 9.17) is 9.47 Å². The van der Waals surface area contributed by atoms with E-state index in [-0.39, 0.29) is 28.0 Å². The van der Waals surface area contributed by atoms with Crippen molar-refractivity contribution in [2.75, 3.05) is 32.6 Å². The van der Waals surface area contributed by atoms with Gasteiger partial charge in [0.05, 0.1) is 22.6 Å². The van der Waals surface area contributed by atoms with Crippen LogP contribution in [0.5, 0.6) is 0 Å². The Morgan fingerprint density at radius 1 is 1.03 bits per heavy atom. The molecule has 2 aromatic rings. The number of halogens is 2. The van der Waals surface area contributed by atoms with Crippen LogP contribution in [0, 0.1) is 18.6 Å². The van der Waals surface area contributed by atoms with Gasteiger partial charge in [-0.1, -0.05) is 0 Å². The summed E-state index contributed by atoms with van der Waals surface area (Å²) in [6, 6.07) is 2.13. The van der Waals surface area contributed by atoms with Gasteiger partial charge in [-0.05, 0) is 31.5 Å². The molecule has 166 valence electrons. The van der Waals surface area contributed by atoms with Gasteiger partial charge in [0.15, 0.2) is 6.61 Å². The van der Waals surface area contributed by atoms with Gasteiger partial charge in [-0.25, -0.2) is 18.4 Å². The van der Waals surface area contributed by atoms with Crippen LogP contribution in [0.15, 0.2) is 18.2 Å². The maximum atomic E-state index is 13.2. The van der Waals surface area contributed by atoms with E-state index in [1.165, 1.54) is 4.90 Å². The second-order valence-corrected chi connectivity index (χ2v) is 7.48. The number of nitrogens with one attached hydrogen (secondary N) is 1. The Hall–Kier alpha value is -3.34. The third-order valence-electron chi connectivity index (χ3n) is 3.91. The van der Waals surface area contributed by atoms with E-state index in [9.17, 15) is 28.0 Å². The van der Waals surface area contributed by atoms with Crippen LogP contribution in [-0.4, -0.2) is 56.0 Å². The number of rotatable bonds is 7. The Balaban J connectivity index is 2.19. The molecule has 0 atom stereocenters. The molecule has 8 nitrogen and oxygen atoms in total. The van der Waals surface area contributed by atoms with Crippen LogP contribution < -0.4 is 5.32 Å². The molecule has 11 heteroatoms. The first-order valence-corrected chi connectivity index (χ1v) is 9.82. The second kappa shape index (κ2) is 10.1. The summed E-state index contributed by atoms with van der Waals surface area (Å²) in [5.41, 5.74) is -0.0445. The number of ether oxygens (including phenoxy) is 2. The molecule has 0 saturated carbocycles. The SMILES string of the molecule is CCOC(=O)c1c(NC(=O)COC(=O)c2cc(F)cc(F)c2)sc(C(=O)N(C)C)c1C. The Morgan fingerprint density at radius 3 is 2.19 bits per heavy atom. The molecule has 1 heterocycles. The summed E-state index contributed by atoms with van der Waals surface area (Å²) >= 11 is 0.876. The minimum atomic E-state index is -1.11. The molecule has 1 aromatic carbocycles. The number of hydrogen-bond donors (Lipinski definition) is 1. The van der Waals surface area contributed by atoms with Crippen molar-refractivity contribution in [1.29, 1.82) is 0 Å². The van der Waals surface area contributed by atoms with Crippen molar-refractivity contribution in [3.05, 3.63) is 51.4 Å². The fourth-order valence-corrected chi connectivity index (χ4v) is 3.74. The molecule has 2 rings (SSSR count). The molecule has 0 spiro atoms. The Kier molecular flexibility index (Phi) is 7.81. The monoisotopic (exact) mass is 454 g/mol. The quantitative estimate of drug-likeness (QED) is 0.646. The zero-order valence-electron chi connectivity index (χ0n) is 17.2. The topological polar surface area (TPSA) is 102 Å². The highest BCUT2D eigenvalue weighted by molar-refractivity contribution is 7.18. The summed E-state index contributed by atoms with van der Waals surface area (Å²) in [5, 5.41) is 2.47. The largest absolute Gasteiger partial charge is 0.462 e. The maximum absolute atomic E-state index is 13.2. The van der Waals surface area contributed by atoms with Crippen molar-refractivity contribution in [1.82, 2.24) is 4.90 Å². The summed E-state index contributed by atoms with van der Waals surface area (Å²) in [6.45, 7) is 2.46. The van der Waals surface area contributed by atoms with Crippen LogP contribution in [0.3, 0.4) is 0 Å². The average molecular weight is 454 g/mol. The van der Waals surface area contributed by atoms with E-state index in [0.717, 1.165) is 23.5 Å². The molecule has 0 aliphatic heterocycles. The number of hydrogen-bond acceptors (Lipinski definition) is 7. The lowest BCUT2D eigenvalue weighted by Gasteiger charge is -2.09. The minimum Gasteiger partial charge on any atom is -0.462 e. The fourth-order valence-electron chi connectivity index (χ4n) is 2.51. The molecule has 0 aliphatic rings. The number of esters is 2. The number of amides is 2.